The van der Waals surface area contributed by atoms with Crippen LogP contribution in [0.15, 0.2) is 0 Å². The third kappa shape index (κ3) is 9.08. The van der Waals surface area contributed by atoms with E-state index in [1.807, 2.05) is 20.8 Å². The van der Waals surface area contributed by atoms with Crippen molar-refractivity contribution in [1.82, 2.24) is 5.32 Å². The van der Waals surface area contributed by atoms with Gasteiger partial charge in [0.05, 0.1) is 5.75 Å². The summed E-state index contributed by atoms with van der Waals surface area (Å²) in [5.74, 6) is 0.123. The Bertz CT molecular complexity index is 260. The predicted molar refractivity (Wildman–Crippen MR) is 64.2 cm³/mol. The molecule has 0 saturated carbocycles. The van der Waals surface area contributed by atoms with Crippen LogP contribution >= 0.6 is 0 Å². The average molecular weight is 253 g/mol. The standard InChI is InChI=1S/C10H23NO4S/c1-5-14-10(15-6-2)7-11-9(3)8-16(4,12)13/h9-11H,5-8H2,1-4H3. The van der Waals surface area contributed by atoms with Crippen LogP contribution in [0.3, 0.4) is 0 Å². The molecule has 1 atom stereocenters. The Hall–Kier alpha value is -0.170. The molecular weight excluding hydrogens is 230 g/mol. The highest BCUT2D eigenvalue weighted by Crippen LogP contribution is 1.96. The van der Waals surface area contributed by atoms with Crippen molar-refractivity contribution in [3.63, 3.8) is 0 Å². The lowest BCUT2D eigenvalue weighted by Gasteiger charge is -2.20. The Morgan fingerprint density at radius 3 is 2.06 bits per heavy atom. The largest absolute Gasteiger partial charge is 0.352 e. The molecule has 0 aliphatic rings. The highest BCUT2D eigenvalue weighted by atomic mass is 32.2. The normalized spacial score (nSPS) is 14.3. The zero-order valence-corrected chi connectivity index (χ0v) is 11.3. The van der Waals surface area contributed by atoms with Crippen LogP contribution in [0, 0.1) is 0 Å². The number of ether oxygens (including phenoxy) is 2. The predicted octanol–water partition coefficient (Wildman–Crippen LogP) is 0.408. The molecule has 0 aromatic carbocycles. The molecule has 0 rings (SSSR count). The molecule has 0 spiro atoms. The third-order valence-electron chi connectivity index (χ3n) is 1.89. The number of sulfone groups is 1. The zero-order chi connectivity index (χ0) is 12.6. The molecular formula is C10H23NO4S. The Kier molecular flexibility index (Phi) is 7.91. The number of hydrogen-bond donors (Lipinski definition) is 1. The van der Waals surface area contributed by atoms with Gasteiger partial charge in [0.1, 0.15) is 9.84 Å². The van der Waals surface area contributed by atoms with Crippen molar-refractivity contribution in [1.29, 1.82) is 0 Å². The van der Waals surface area contributed by atoms with Gasteiger partial charge in [-0.2, -0.15) is 0 Å². The summed E-state index contributed by atoms with van der Waals surface area (Å²) in [4.78, 5) is 0. The molecule has 98 valence electrons. The molecule has 16 heavy (non-hydrogen) atoms. The minimum absolute atomic E-state index is 0.0987. The van der Waals surface area contributed by atoms with Crippen molar-refractivity contribution in [2.45, 2.75) is 33.1 Å². The lowest BCUT2D eigenvalue weighted by Crippen LogP contribution is -2.39. The Morgan fingerprint density at radius 2 is 1.69 bits per heavy atom. The van der Waals surface area contributed by atoms with Crippen molar-refractivity contribution >= 4 is 9.84 Å². The maximum atomic E-state index is 11.0. The summed E-state index contributed by atoms with van der Waals surface area (Å²) in [6.07, 6.45) is 0.922. The van der Waals surface area contributed by atoms with Crippen LogP contribution in [-0.4, -0.2) is 52.5 Å². The molecule has 0 bridgehead atoms. The molecule has 0 aromatic heterocycles. The molecule has 6 heteroatoms. The molecule has 1 N–H and O–H groups in total. The van der Waals surface area contributed by atoms with E-state index in [2.05, 4.69) is 5.32 Å². The number of hydrogen-bond acceptors (Lipinski definition) is 5. The smallest absolute Gasteiger partial charge is 0.169 e. The van der Waals surface area contributed by atoms with Crippen LogP contribution in [0.4, 0.5) is 0 Å². The van der Waals surface area contributed by atoms with E-state index in [0.717, 1.165) is 0 Å². The van der Waals surface area contributed by atoms with Gasteiger partial charge in [-0.05, 0) is 20.8 Å². The van der Waals surface area contributed by atoms with Crippen molar-refractivity contribution in [3.05, 3.63) is 0 Å². The quantitative estimate of drug-likeness (QED) is 0.603. The third-order valence-corrected chi connectivity index (χ3v) is 3.00. The summed E-state index contributed by atoms with van der Waals surface area (Å²) in [5.41, 5.74) is 0. The molecule has 0 aromatic rings. The lowest BCUT2D eigenvalue weighted by atomic mass is 10.4. The number of rotatable bonds is 9. The summed E-state index contributed by atoms with van der Waals surface area (Å²) >= 11 is 0. The minimum Gasteiger partial charge on any atom is -0.352 e. The van der Waals surface area contributed by atoms with Crippen LogP contribution in [0.2, 0.25) is 0 Å². The zero-order valence-electron chi connectivity index (χ0n) is 10.5. The van der Waals surface area contributed by atoms with Gasteiger partial charge in [0.2, 0.25) is 0 Å². The first-order valence-electron chi connectivity index (χ1n) is 5.53. The van der Waals surface area contributed by atoms with Crippen LogP contribution in [-0.2, 0) is 19.3 Å². The molecule has 5 nitrogen and oxygen atoms in total. The van der Waals surface area contributed by atoms with Crippen molar-refractivity contribution < 1.29 is 17.9 Å². The van der Waals surface area contributed by atoms with Crippen LogP contribution in [0.1, 0.15) is 20.8 Å². The van der Waals surface area contributed by atoms with Crippen molar-refractivity contribution in [2.75, 3.05) is 31.8 Å². The molecule has 0 fully saturated rings. The Labute approximate surface area is 98.4 Å². The molecule has 0 aliphatic carbocycles. The van der Waals surface area contributed by atoms with Gasteiger partial charge in [0.25, 0.3) is 0 Å². The van der Waals surface area contributed by atoms with E-state index in [1.54, 1.807) is 0 Å². The van der Waals surface area contributed by atoms with Gasteiger partial charge in [-0.15, -0.1) is 0 Å². The first-order chi connectivity index (χ1) is 7.39. The van der Waals surface area contributed by atoms with Crippen molar-refractivity contribution in [3.8, 4) is 0 Å². The highest BCUT2D eigenvalue weighted by Gasteiger charge is 2.13. The highest BCUT2D eigenvalue weighted by molar-refractivity contribution is 7.90. The van der Waals surface area contributed by atoms with E-state index in [-0.39, 0.29) is 18.1 Å². The van der Waals surface area contributed by atoms with E-state index in [1.165, 1.54) is 6.26 Å². The fourth-order valence-electron chi connectivity index (χ4n) is 1.35. The van der Waals surface area contributed by atoms with Gasteiger partial charge in [-0.1, -0.05) is 0 Å². The van der Waals surface area contributed by atoms with Gasteiger partial charge in [0, 0.05) is 32.1 Å². The van der Waals surface area contributed by atoms with Crippen LogP contribution in [0.25, 0.3) is 0 Å². The van der Waals surface area contributed by atoms with Gasteiger partial charge < -0.3 is 14.8 Å². The van der Waals surface area contributed by atoms with Gasteiger partial charge in [0.15, 0.2) is 6.29 Å². The monoisotopic (exact) mass is 253 g/mol. The van der Waals surface area contributed by atoms with Gasteiger partial charge >= 0.3 is 0 Å². The Morgan fingerprint density at radius 1 is 1.19 bits per heavy atom. The molecule has 0 saturated heterocycles. The fraction of sp³-hybridized carbons (Fsp3) is 1.00. The molecule has 0 aliphatic heterocycles. The molecule has 0 amide bonds. The summed E-state index contributed by atoms with van der Waals surface area (Å²) in [7, 11) is -2.94. The Balaban J connectivity index is 3.90. The van der Waals surface area contributed by atoms with Gasteiger partial charge in [-0.3, -0.25) is 0 Å². The summed E-state index contributed by atoms with van der Waals surface area (Å²) in [6.45, 7) is 7.27. The summed E-state index contributed by atoms with van der Waals surface area (Å²) in [6, 6.07) is -0.0987. The van der Waals surface area contributed by atoms with Crippen molar-refractivity contribution in [2.24, 2.45) is 0 Å². The topological polar surface area (TPSA) is 64.6 Å². The van der Waals surface area contributed by atoms with Gasteiger partial charge in [-0.25, -0.2) is 8.42 Å². The van der Waals surface area contributed by atoms with E-state index < -0.39 is 9.84 Å². The second kappa shape index (κ2) is 8.00. The van der Waals surface area contributed by atoms with Crippen LogP contribution in [0.5, 0.6) is 0 Å². The first kappa shape index (κ1) is 15.8. The molecule has 0 radical (unpaired) electrons. The van der Waals surface area contributed by atoms with E-state index in [9.17, 15) is 8.42 Å². The SMILES string of the molecule is CCOC(CNC(C)CS(C)(=O)=O)OCC. The maximum Gasteiger partial charge on any atom is 0.169 e. The second-order valence-corrected chi connectivity index (χ2v) is 5.93. The first-order valence-corrected chi connectivity index (χ1v) is 7.59. The fourth-order valence-corrected chi connectivity index (χ4v) is 2.37. The van der Waals surface area contributed by atoms with E-state index in [4.69, 9.17) is 9.47 Å². The average Bonchev–Trinajstić information content (AvgIpc) is 2.12. The molecule has 1 unspecified atom stereocenters. The van der Waals surface area contributed by atoms with Crippen LogP contribution < -0.4 is 5.32 Å². The second-order valence-electron chi connectivity index (χ2n) is 3.74. The molecule has 0 heterocycles. The number of nitrogens with one attached hydrogen (secondary N) is 1. The maximum absolute atomic E-state index is 11.0. The van der Waals surface area contributed by atoms with E-state index >= 15 is 0 Å². The lowest BCUT2D eigenvalue weighted by molar-refractivity contribution is -0.133. The summed E-state index contributed by atoms with van der Waals surface area (Å²) < 4.78 is 32.7. The summed E-state index contributed by atoms with van der Waals surface area (Å²) in [5, 5.41) is 3.08. The minimum atomic E-state index is -2.94. The van der Waals surface area contributed by atoms with E-state index in [0.29, 0.717) is 19.8 Å².